The van der Waals surface area contributed by atoms with Crippen LogP contribution in [0.1, 0.15) is 6.92 Å². The number of halogens is 1. The van der Waals surface area contributed by atoms with Gasteiger partial charge in [-0.2, -0.15) is 0 Å². The summed E-state index contributed by atoms with van der Waals surface area (Å²) in [5.41, 5.74) is 6.53. The highest BCUT2D eigenvalue weighted by Crippen LogP contribution is 2.30. The van der Waals surface area contributed by atoms with Gasteiger partial charge in [-0.25, -0.2) is 4.39 Å². The molecule has 0 radical (unpaired) electrons. The van der Waals surface area contributed by atoms with Crippen molar-refractivity contribution < 1.29 is 9.13 Å². The van der Waals surface area contributed by atoms with Gasteiger partial charge in [-0.1, -0.05) is 6.92 Å². The van der Waals surface area contributed by atoms with Crippen molar-refractivity contribution in [2.45, 2.75) is 6.92 Å². The number of anilines is 2. The fourth-order valence-corrected chi connectivity index (χ4v) is 2.25. The Kier molecular flexibility index (Phi) is 3.91. The molecule has 1 aromatic rings. The highest BCUT2D eigenvalue weighted by Gasteiger charge is 2.18. The normalized spacial score (nSPS) is 16.9. The molecule has 1 heterocycles. The van der Waals surface area contributed by atoms with Crippen molar-refractivity contribution in [3.63, 3.8) is 0 Å². The minimum atomic E-state index is -0.415. The highest BCUT2D eigenvalue weighted by atomic mass is 19.1. The van der Waals surface area contributed by atoms with Crippen LogP contribution >= 0.6 is 0 Å². The Morgan fingerprint density at radius 3 is 2.50 bits per heavy atom. The Bertz CT molecular complexity index is 417. The summed E-state index contributed by atoms with van der Waals surface area (Å²) in [5, 5.41) is 0. The van der Waals surface area contributed by atoms with Gasteiger partial charge in [-0.05, 0) is 12.6 Å². The molecule has 1 saturated heterocycles. The van der Waals surface area contributed by atoms with Gasteiger partial charge in [0.2, 0.25) is 0 Å². The van der Waals surface area contributed by atoms with Crippen LogP contribution in [0.25, 0.3) is 0 Å². The second kappa shape index (κ2) is 5.44. The fourth-order valence-electron chi connectivity index (χ4n) is 2.25. The van der Waals surface area contributed by atoms with Crippen LogP contribution in [0, 0.1) is 5.82 Å². The molecule has 1 aliphatic heterocycles. The summed E-state index contributed by atoms with van der Waals surface area (Å²) in [6.07, 6.45) is 0. The molecule has 0 saturated carbocycles. The second-order valence-corrected chi connectivity index (χ2v) is 4.46. The lowest BCUT2D eigenvalue weighted by Crippen LogP contribution is -2.46. The molecule has 1 aromatic carbocycles. The van der Waals surface area contributed by atoms with Gasteiger partial charge in [0.25, 0.3) is 0 Å². The summed E-state index contributed by atoms with van der Waals surface area (Å²) >= 11 is 0. The molecule has 0 aliphatic carbocycles. The third-order valence-corrected chi connectivity index (χ3v) is 3.48. The average Bonchev–Trinajstić information content (AvgIpc) is 2.42. The quantitative estimate of drug-likeness (QED) is 0.830. The van der Waals surface area contributed by atoms with Gasteiger partial charge in [0, 0.05) is 37.9 Å². The van der Waals surface area contributed by atoms with Crippen molar-refractivity contribution in [2.24, 2.45) is 0 Å². The van der Waals surface area contributed by atoms with E-state index in [1.165, 1.54) is 13.2 Å². The van der Waals surface area contributed by atoms with Crippen molar-refractivity contribution in [1.29, 1.82) is 0 Å². The number of piperazine rings is 1. The van der Waals surface area contributed by atoms with Crippen molar-refractivity contribution in [3.8, 4) is 5.75 Å². The van der Waals surface area contributed by atoms with E-state index in [0.29, 0.717) is 5.75 Å². The number of nitrogen functional groups attached to an aromatic ring is 1. The summed E-state index contributed by atoms with van der Waals surface area (Å²) in [7, 11) is 1.50. The van der Waals surface area contributed by atoms with Gasteiger partial charge in [0.15, 0.2) is 5.82 Å². The maximum atomic E-state index is 13.7. The summed E-state index contributed by atoms with van der Waals surface area (Å²) < 4.78 is 18.8. The van der Waals surface area contributed by atoms with Crippen LogP contribution in [0.2, 0.25) is 0 Å². The van der Waals surface area contributed by atoms with Crippen LogP contribution in [0.15, 0.2) is 12.1 Å². The molecule has 2 rings (SSSR count). The second-order valence-electron chi connectivity index (χ2n) is 4.46. The van der Waals surface area contributed by atoms with Crippen LogP contribution in [0.4, 0.5) is 15.8 Å². The predicted octanol–water partition coefficient (Wildman–Crippen LogP) is 1.56. The van der Waals surface area contributed by atoms with Crippen molar-refractivity contribution in [3.05, 3.63) is 17.9 Å². The van der Waals surface area contributed by atoms with Crippen LogP contribution in [-0.4, -0.2) is 44.7 Å². The standard InChI is InChI=1S/C13H20FN3O/c1-3-16-4-6-17(7-5-16)10-8-11(14)13(15)12(9-10)18-2/h8-9H,3-7,15H2,1-2H3. The van der Waals surface area contributed by atoms with Gasteiger partial charge >= 0.3 is 0 Å². The molecular weight excluding hydrogens is 233 g/mol. The molecule has 0 bridgehead atoms. The van der Waals surface area contributed by atoms with E-state index < -0.39 is 5.82 Å². The van der Waals surface area contributed by atoms with E-state index in [4.69, 9.17) is 10.5 Å². The molecule has 0 atom stereocenters. The van der Waals surface area contributed by atoms with E-state index in [2.05, 4.69) is 16.7 Å². The maximum Gasteiger partial charge on any atom is 0.151 e. The zero-order valence-electron chi connectivity index (χ0n) is 10.9. The minimum Gasteiger partial charge on any atom is -0.494 e. The highest BCUT2D eigenvalue weighted by molar-refractivity contribution is 5.63. The average molecular weight is 253 g/mol. The Morgan fingerprint density at radius 1 is 1.28 bits per heavy atom. The molecule has 0 unspecified atom stereocenters. The van der Waals surface area contributed by atoms with E-state index in [1.54, 1.807) is 6.07 Å². The maximum absolute atomic E-state index is 13.7. The first-order valence-corrected chi connectivity index (χ1v) is 6.26. The molecule has 100 valence electrons. The lowest BCUT2D eigenvalue weighted by Gasteiger charge is -2.35. The molecule has 0 amide bonds. The molecule has 18 heavy (non-hydrogen) atoms. The Balaban J connectivity index is 2.17. The van der Waals surface area contributed by atoms with E-state index in [9.17, 15) is 4.39 Å². The van der Waals surface area contributed by atoms with Crippen molar-refractivity contribution in [2.75, 3.05) is 50.5 Å². The summed E-state index contributed by atoms with van der Waals surface area (Å²) in [6, 6.07) is 3.29. The number of nitrogens with two attached hydrogens (primary N) is 1. The van der Waals surface area contributed by atoms with Gasteiger partial charge in [-0.3, -0.25) is 0 Å². The van der Waals surface area contributed by atoms with Crippen LogP contribution < -0.4 is 15.4 Å². The fraction of sp³-hybridized carbons (Fsp3) is 0.538. The third-order valence-electron chi connectivity index (χ3n) is 3.48. The largest absolute Gasteiger partial charge is 0.494 e. The first-order chi connectivity index (χ1) is 8.65. The Hall–Kier alpha value is -1.49. The predicted molar refractivity (Wildman–Crippen MR) is 71.7 cm³/mol. The van der Waals surface area contributed by atoms with Gasteiger partial charge in [0.1, 0.15) is 11.4 Å². The molecular formula is C13H20FN3O. The summed E-state index contributed by atoms with van der Waals surface area (Å²) in [4.78, 5) is 4.54. The summed E-state index contributed by atoms with van der Waals surface area (Å²) in [6.45, 7) is 7.03. The molecule has 0 spiro atoms. The molecule has 4 nitrogen and oxygen atoms in total. The van der Waals surface area contributed by atoms with E-state index in [0.717, 1.165) is 38.4 Å². The number of methoxy groups -OCH3 is 1. The number of likely N-dealkylation sites (N-methyl/N-ethyl adjacent to an activating group) is 1. The number of hydrogen-bond donors (Lipinski definition) is 1. The third kappa shape index (κ3) is 2.51. The first kappa shape index (κ1) is 13.0. The van der Waals surface area contributed by atoms with Gasteiger partial charge in [-0.15, -0.1) is 0 Å². The topological polar surface area (TPSA) is 41.7 Å². The monoisotopic (exact) mass is 253 g/mol. The SMILES string of the molecule is CCN1CCN(c2cc(F)c(N)c(OC)c2)CC1. The number of benzene rings is 1. The van der Waals surface area contributed by atoms with Gasteiger partial charge < -0.3 is 20.3 Å². The first-order valence-electron chi connectivity index (χ1n) is 6.26. The van der Waals surface area contributed by atoms with Crippen LogP contribution in [0.5, 0.6) is 5.75 Å². The minimum absolute atomic E-state index is 0.0773. The van der Waals surface area contributed by atoms with E-state index in [1.807, 2.05) is 0 Å². The Morgan fingerprint density at radius 2 is 1.94 bits per heavy atom. The van der Waals surface area contributed by atoms with Crippen LogP contribution in [0.3, 0.4) is 0 Å². The lowest BCUT2D eigenvalue weighted by atomic mass is 10.2. The number of hydrogen-bond acceptors (Lipinski definition) is 4. The van der Waals surface area contributed by atoms with Crippen molar-refractivity contribution >= 4 is 11.4 Å². The van der Waals surface area contributed by atoms with Crippen molar-refractivity contribution in [1.82, 2.24) is 4.90 Å². The number of rotatable bonds is 3. The molecule has 0 aromatic heterocycles. The number of nitrogens with zero attached hydrogens (tertiary/aromatic N) is 2. The summed E-state index contributed by atoms with van der Waals surface area (Å²) in [5.74, 6) is -0.00908. The number of ether oxygens (including phenoxy) is 1. The van der Waals surface area contributed by atoms with Crippen LogP contribution in [-0.2, 0) is 0 Å². The smallest absolute Gasteiger partial charge is 0.151 e. The zero-order valence-corrected chi connectivity index (χ0v) is 10.9. The molecule has 2 N–H and O–H groups in total. The van der Waals surface area contributed by atoms with E-state index >= 15 is 0 Å². The lowest BCUT2D eigenvalue weighted by molar-refractivity contribution is 0.271. The van der Waals surface area contributed by atoms with E-state index in [-0.39, 0.29) is 5.69 Å². The molecule has 1 aliphatic rings. The Labute approximate surface area is 107 Å². The molecule has 5 heteroatoms. The molecule has 1 fully saturated rings. The van der Waals surface area contributed by atoms with Gasteiger partial charge in [0.05, 0.1) is 7.11 Å². The zero-order chi connectivity index (χ0) is 13.1.